The summed E-state index contributed by atoms with van der Waals surface area (Å²) in [4.78, 5) is 10.2. The summed E-state index contributed by atoms with van der Waals surface area (Å²) in [6.45, 7) is -2.56. The first-order valence-corrected chi connectivity index (χ1v) is 4.58. The minimum Gasteiger partial charge on any atom is -0.481 e. The third-order valence-electron chi connectivity index (χ3n) is 1.75. The number of hydrogen-bond acceptors (Lipinski definition) is 3. The van der Waals surface area contributed by atoms with Gasteiger partial charge in [-0.15, -0.1) is 0 Å². The quantitative estimate of drug-likeness (QED) is 0.787. The molecule has 0 bridgehead atoms. The van der Waals surface area contributed by atoms with E-state index >= 15 is 0 Å². The molecule has 16 heavy (non-hydrogen) atoms. The highest BCUT2D eigenvalue weighted by Crippen LogP contribution is 2.17. The van der Waals surface area contributed by atoms with E-state index in [-0.39, 0.29) is 18.7 Å². The molecule has 1 rings (SSSR count). The van der Waals surface area contributed by atoms with Crippen LogP contribution in [0.3, 0.4) is 0 Å². The topological polar surface area (TPSA) is 58.6 Å². The minimum absolute atomic E-state index is 0.00468. The molecule has 0 unspecified atom stereocenters. The molecule has 0 aliphatic carbocycles. The zero-order valence-corrected chi connectivity index (χ0v) is 8.32. The Kier molecular flexibility index (Phi) is 4.50. The molecule has 0 aromatic heterocycles. The maximum absolute atomic E-state index is 11.8. The van der Waals surface area contributed by atoms with Gasteiger partial charge in [0.1, 0.15) is 5.75 Å². The van der Waals surface area contributed by atoms with Crippen LogP contribution in [0.4, 0.5) is 14.5 Å². The number of nitrogens with one attached hydrogen (secondary N) is 1. The zero-order chi connectivity index (χ0) is 12.0. The molecule has 1 aromatic carbocycles. The molecule has 0 fully saturated rings. The largest absolute Gasteiger partial charge is 0.481 e. The van der Waals surface area contributed by atoms with Gasteiger partial charge in [0, 0.05) is 12.2 Å². The van der Waals surface area contributed by atoms with Crippen LogP contribution in [0.15, 0.2) is 24.3 Å². The zero-order valence-electron chi connectivity index (χ0n) is 8.32. The molecule has 0 saturated heterocycles. The second-order valence-electron chi connectivity index (χ2n) is 2.97. The van der Waals surface area contributed by atoms with Gasteiger partial charge in [-0.25, -0.2) is 0 Å². The number of alkyl halides is 2. The van der Waals surface area contributed by atoms with Crippen LogP contribution in [0.25, 0.3) is 0 Å². The van der Waals surface area contributed by atoms with Crippen molar-refractivity contribution in [2.75, 3.05) is 11.9 Å². The van der Waals surface area contributed by atoms with Crippen LogP contribution in [0, 0.1) is 0 Å². The molecule has 0 saturated carbocycles. The molecule has 0 aliphatic rings. The van der Waals surface area contributed by atoms with Crippen molar-refractivity contribution >= 4 is 11.7 Å². The predicted octanol–water partition coefficient (Wildman–Crippen LogP) is 2.17. The van der Waals surface area contributed by atoms with Crippen molar-refractivity contribution in [3.63, 3.8) is 0 Å². The van der Waals surface area contributed by atoms with Crippen molar-refractivity contribution in [3.05, 3.63) is 24.3 Å². The Balaban J connectivity index is 2.42. The summed E-state index contributed by atoms with van der Waals surface area (Å²) in [7, 11) is 0. The molecule has 2 N–H and O–H groups in total. The van der Waals surface area contributed by atoms with Gasteiger partial charge in [0.15, 0.2) is 0 Å². The van der Waals surface area contributed by atoms with E-state index in [9.17, 15) is 13.6 Å². The normalized spacial score (nSPS) is 10.2. The number of carboxylic acids is 1. The second kappa shape index (κ2) is 5.89. The van der Waals surface area contributed by atoms with E-state index in [2.05, 4.69) is 10.1 Å². The highest BCUT2D eigenvalue weighted by molar-refractivity contribution is 5.67. The van der Waals surface area contributed by atoms with E-state index in [4.69, 9.17) is 5.11 Å². The molecule has 88 valence electrons. The van der Waals surface area contributed by atoms with Crippen molar-refractivity contribution in [3.8, 4) is 5.75 Å². The van der Waals surface area contributed by atoms with Gasteiger partial charge in [-0.05, 0) is 24.3 Å². The SMILES string of the molecule is O=C(O)CCNc1ccc(OC(F)F)cc1. The number of carbonyl (C=O) groups is 1. The molecular weight excluding hydrogens is 220 g/mol. The van der Waals surface area contributed by atoms with E-state index in [0.29, 0.717) is 5.69 Å². The summed E-state index contributed by atoms with van der Waals surface area (Å²) >= 11 is 0. The van der Waals surface area contributed by atoms with Crippen molar-refractivity contribution in [1.82, 2.24) is 0 Å². The Labute approximate surface area is 90.8 Å². The third kappa shape index (κ3) is 4.59. The lowest BCUT2D eigenvalue weighted by atomic mass is 10.3. The van der Waals surface area contributed by atoms with Gasteiger partial charge in [0.25, 0.3) is 0 Å². The van der Waals surface area contributed by atoms with Crippen molar-refractivity contribution in [2.24, 2.45) is 0 Å². The number of halogens is 2. The summed E-state index contributed by atoms with van der Waals surface area (Å²) in [6.07, 6.45) is -0.00468. The maximum Gasteiger partial charge on any atom is 0.387 e. The standard InChI is InChI=1S/C10H11F2NO3/c11-10(12)16-8-3-1-7(2-4-8)13-6-5-9(14)15/h1-4,10,13H,5-6H2,(H,14,15). The van der Waals surface area contributed by atoms with Crippen LogP contribution < -0.4 is 10.1 Å². The third-order valence-corrected chi connectivity index (χ3v) is 1.75. The minimum atomic E-state index is -2.84. The lowest BCUT2D eigenvalue weighted by molar-refractivity contribution is -0.136. The number of ether oxygens (including phenoxy) is 1. The van der Waals surface area contributed by atoms with E-state index in [1.165, 1.54) is 12.1 Å². The summed E-state index contributed by atoms with van der Waals surface area (Å²) in [6, 6.07) is 5.85. The number of hydrogen-bond donors (Lipinski definition) is 2. The highest BCUT2D eigenvalue weighted by atomic mass is 19.3. The van der Waals surface area contributed by atoms with Crippen LogP contribution in [0.2, 0.25) is 0 Å². The fraction of sp³-hybridized carbons (Fsp3) is 0.300. The summed E-state index contributed by atoms with van der Waals surface area (Å²) in [5.41, 5.74) is 0.655. The fourth-order valence-corrected chi connectivity index (χ4v) is 1.07. The van der Waals surface area contributed by atoms with Gasteiger partial charge in [0.05, 0.1) is 6.42 Å². The van der Waals surface area contributed by atoms with Gasteiger partial charge >= 0.3 is 12.6 Å². The molecule has 0 aliphatic heterocycles. The number of carboxylic acid groups (broad SMARTS) is 1. The summed E-state index contributed by atoms with van der Waals surface area (Å²) < 4.78 is 27.8. The molecule has 6 heteroatoms. The van der Waals surface area contributed by atoms with Crippen molar-refractivity contribution in [1.29, 1.82) is 0 Å². The smallest absolute Gasteiger partial charge is 0.387 e. The molecule has 1 aromatic rings. The Hall–Kier alpha value is -1.85. The lowest BCUT2D eigenvalue weighted by Crippen LogP contribution is -2.07. The van der Waals surface area contributed by atoms with Crippen LogP contribution in [-0.4, -0.2) is 24.2 Å². The van der Waals surface area contributed by atoms with Gasteiger partial charge in [0.2, 0.25) is 0 Å². The Morgan fingerprint density at radius 3 is 2.50 bits per heavy atom. The average Bonchev–Trinajstić information content (AvgIpc) is 2.19. The lowest BCUT2D eigenvalue weighted by Gasteiger charge is -2.07. The van der Waals surface area contributed by atoms with Gasteiger partial charge in [-0.3, -0.25) is 4.79 Å². The number of anilines is 1. The molecule has 4 nitrogen and oxygen atoms in total. The average molecular weight is 231 g/mol. The predicted molar refractivity (Wildman–Crippen MR) is 53.8 cm³/mol. The van der Waals surface area contributed by atoms with E-state index in [1.54, 1.807) is 12.1 Å². The first-order chi connectivity index (χ1) is 7.58. The van der Waals surface area contributed by atoms with E-state index in [1.807, 2.05) is 0 Å². The first-order valence-electron chi connectivity index (χ1n) is 4.58. The van der Waals surface area contributed by atoms with Crippen molar-refractivity contribution in [2.45, 2.75) is 13.0 Å². The molecule has 0 radical (unpaired) electrons. The van der Waals surface area contributed by atoms with Crippen LogP contribution in [-0.2, 0) is 4.79 Å². The number of rotatable bonds is 6. The second-order valence-corrected chi connectivity index (χ2v) is 2.97. The Bertz CT molecular complexity index is 340. The number of benzene rings is 1. The fourth-order valence-electron chi connectivity index (χ4n) is 1.07. The van der Waals surface area contributed by atoms with Crippen LogP contribution in [0.5, 0.6) is 5.75 Å². The molecule has 0 amide bonds. The Morgan fingerprint density at radius 1 is 1.38 bits per heavy atom. The van der Waals surface area contributed by atoms with Gasteiger partial charge < -0.3 is 15.2 Å². The van der Waals surface area contributed by atoms with E-state index < -0.39 is 12.6 Å². The molecule has 0 atom stereocenters. The Morgan fingerprint density at radius 2 is 2.00 bits per heavy atom. The number of aliphatic carboxylic acids is 1. The summed E-state index contributed by atoms with van der Waals surface area (Å²) in [5.74, 6) is -0.830. The van der Waals surface area contributed by atoms with Gasteiger partial charge in [-0.2, -0.15) is 8.78 Å². The van der Waals surface area contributed by atoms with Crippen molar-refractivity contribution < 1.29 is 23.4 Å². The van der Waals surface area contributed by atoms with E-state index in [0.717, 1.165) is 0 Å². The molecule has 0 heterocycles. The molecule has 0 spiro atoms. The monoisotopic (exact) mass is 231 g/mol. The summed E-state index contributed by atoms with van der Waals surface area (Å²) in [5, 5.41) is 11.2. The van der Waals surface area contributed by atoms with Gasteiger partial charge in [-0.1, -0.05) is 0 Å². The highest BCUT2D eigenvalue weighted by Gasteiger charge is 2.03. The maximum atomic E-state index is 11.8. The van der Waals surface area contributed by atoms with Crippen LogP contribution >= 0.6 is 0 Å². The molecular formula is C10H11F2NO3. The van der Waals surface area contributed by atoms with Crippen LogP contribution in [0.1, 0.15) is 6.42 Å². The first kappa shape index (κ1) is 12.2.